The fraction of sp³-hybridized carbons (Fsp3) is 0.348. The van der Waals surface area contributed by atoms with Gasteiger partial charge >= 0.3 is 0 Å². The topological polar surface area (TPSA) is 89.0 Å². The summed E-state index contributed by atoms with van der Waals surface area (Å²) in [5, 5.41) is 7.35. The Balaban J connectivity index is 2.10. The van der Waals surface area contributed by atoms with Gasteiger partial charge in [-0.3, -0.25) is 9.59 Å². The second kappa shape index (κ2) is 12.0. The van der Waals surface area contributed by atoms with Crippen LogP contribution in [0.25, 0.3) is 0 Å². The van der Waals surface area contributed by atoms with Crippen LogP contribution in [0, 0.1) is 5.92 Å². The first-order valence-electron chi connectivity index (χ1n) is 10.0. The van der Waals surface area contributed by atoms with Crippen molar-refractivity contribution in [2.75, 3.05) is 13.7 Å². The molecule has 0 aliphatic carbocycles. The number of rotatable bonds is 10. The van der Waals surface area contributed by atoms with Crippen LogP contribution >= 0.6 is 11.6 Å². The van der Waals surface area contributed by atoms with Gasteiger partial charge in [0.1, 0.15) is 6.04 Å². The molecule has 7 nitrogen and oxygen atoms in total. The summed E-state index contributed by atoms with van der Waals surface area (Å²) in [7, 11) is 1.56. The van der Waals surface area contributed by atoms with E-state index < -0.39 is 11.9 Å². The van der Waals surface area contributed by atoms with Gasteiger partial charge in [-0.2, -0.15) is 5.10 Å². The van der Waals surface area contributed by atoms with Gasteiger partial charge in [0.2, 0.25) is 0 Å². The number of hydrazone groups is 1. The van der Waals surface area contributed by atoms with E-state index in [1.54, 1.807) is 49.6 Å². The minimum atomic E-state index is -0.739. The molecule has 2 aromatic rings. The summed E-state index contributed by atoms with van der Waals surface area (Å²) in [6.45, 7) is 6.28. The molecule has 2 rings (SSSR count). The molecule has 0 bridgehead atoms. The van der Waals surface area contributed by atoms with Crippen LogP contribution < -0.4 is 20.2 Å². The Labute approximate surface area is 187 Å². The van der Waals surface area contributed by atoms with E-state index in [-0.39, 0.29) is 11.8 Å². The summed E-state index contributed by atoms with van der Waals surface area (Å²) >= 11 is 5.87. The van der Waals surface area contributed by atoms with Crippen molar-refractivity contribution >= 4 is 29.6 Å². The summed E-state index contributed by atoms with van der Waals surface area (Å²) < 4.78 is 10.9. The number of hydrogen-bond donors (Lipinski definition) is 2. The largest absolute Gasteiger partial charge is 0.493 e. The average Bonchev–Trinajstić information content (AvgIpc) is 2.74. The zero-order valence-corrected chi connectivity index (χ0v) is 18.9. The normalized spacial score (nSPS) is 11.9. The molecule has 0 aliphatic heterocycles. The van der Waals surface area contributed by atoms with Crippen molar-refractivity contribution in [1.29, 1.82) is 0 Å². The van der Waals surface area contributed by atoms with E-state index in [1.807, 2.05) is 20.8 Å². The van der Waals surface area contributed by atoms with Gasteiger partial charge < -0.3 is 14.8 Å². The summed E-state index contributed by atoms with van der Waals surface area (Å²) in [6, 6.07) is 11.1. The molecule has 0 radical (unpaired) electrons. The first kappa shape index (κ1) is 24.2. The molecule has 0 saturated carbocycles. The molecule has 0 saturated heterocycles. The Morgan fingerprint density at radius 1 is 1.16 bits per heavy atom. The van der Waals surface area contributed by atoms with Crippen molar-refractivity contribution in [3.63, 3.8) is 0 Å². The Morgan fingerprint density at radius 3 is 2.48 bits per heavy atom. The third-order valence-corrected chi connectivity index (χ3v) is 4.58. The summed E-state index contributed by atoms with van der Waals surface area (Å²) in [4.78, 5) is 25.2. The van der Waals surface area contributed by atoms with Gasteiger partial charge in [0, 0.05) is 16.1 Å². The van der Waals surface area contributed by atoms with Crippen LogP contribution in [0.4, 0.5) is 0 Å². The van der Waals surface area contributed by atoms with E-state index in [0.29, 0.717) is 40.7 Å². The molecule has 0 aromatic heterocycles. The number of nitrogens with zero attached hydrogens (tertiary/aromatic N) is 1. The lowest BCUT2D eigenvalue weighted by molar-refractivity contribution is -0.123. The van der Waals surface area contributed by atoms with E-state index in [4.69, 9.17) is 21.1 Å². The average molecular weight is 446 g/mol. The first-order valence-corrected chi connectivity index (χ1v) is 10.4. The van der Waals surface area contributed by atoms with Crippen LogP contribution in [-0.2, 0) is 4.79 Å². The van der Waals surface area contributed by atoms with Crippen LogP contribution in [0.15, 0.2) is 47.6 Å². The maximum atomic E-state index is 12.7. The number of benzene rings is 2. The van der Waals surface area contributed by atoms with Crippen LogP contribution in [0.3, 0.4) is 0 Å². The lowest BCUT2D eigenvalue weighted by Gasteiger charge is -2.19. The number of para-hydroxylation sites is 1. The summed E-state index contributed by atoms with van der Waals surface area (Å²) in [5.74, 6) is 0.541. The Kier molecular flexibility index (Phi) is 9.34. The second-order valence-corrected chi connectivity index (χ2v) is 7.64. The number of methoxy groups -OCH3 is 1. The fourth-order valence-electron chi connectivity index (χ4n) is 2.88. The van der Waals surface area contributed by atoms with Crippen molar-refractivity contribution in [3.05, 3.63) is 58.6 Å². The molecule has 2 aromatic carbocycles. The van der Waals surface area contributed by atoms with E-state index in [0.717, 1.165) is 0 Å². The highest BCUT2D eigenvalue weighted by atomic mass is 35.5. The molecule has 1 atom stereocenters. The molecule has 8 heteroatoms. The number of carbonyl (C=O) groups excluding carboxylic acids is 2. The lowest BCUT2D eigenvalue weighted by atomic mass is 10.0. The quantitative estimate of drug-likeness (QED) is 0.426. The van der Waals surface area contributed by atoms with E-state index in [1.165, 1.54) is 6.21 Å². The second-order valence-electron chi connectivity index (χ2n) is 7.21. The molecule has 31 heavy (non-hydrogen) atoms. The van der Waals surface area contributed by atoms with E-state index in [2.05, 4.69) is 15.8 Å². The van der Waals surface area contributed by atoms with Gasteiger partial charge in [0.25, 0.3) is 11.8 Å². The molecule has 2 amide bonds. The highest BCUT2D eigenvalue weighted by Crippen LogP contribution is 2.29. The van der Waals surface area contributed by atoms with Crippen LogP contribution in [0.5, 0.6) is 11.5 Å². The molecular formula is C23H28ClN3O4. The predicted molar refractivity (Wildman–Crippen MR) is 122 cm³/mol. The van der Waals surface area contributed by atoms with Crippen molar-refractivity contribution in [3.8, 4) is 11.5 Å². The van der Waals surface area contributed by atoms with Gasteiger partial charge in [-0.25, -0.2) is 5.43 Å². The van der Waals surface area contributed by atoms with Gasteiger partial charge in [0.15, 0.2) is 11.5 Å². The van der Waals surface area contributed by atoms with Crippen molar-refractivity contribution in [2.24, 2.45) is 11.0 Å². The molecular weight excluding hydrogens is 418 g/mol. The van der Waals surface area contributed by atoms with Crippen molar-refractivity contribution in [1.82, 2.24) is 10.7 Å². The minimum Gasteiger partial charge on any atom is -0.493 e. The number of amides is 2. The SMILES string of the molecule is CCOc1c(C=NNC(=O)C(CC(C)C)NC(=O)c2ccc(Cl)cc2)cccc1OC. The Morgan fingerprint density at radius 2 is 1.87 bits per heavy atom. The monoisotopic (exact) mass is 445 g/mol. The number of halogens is 1. The van der Waals surface area contributed by atoms with Crippen molar-refractivity contribution < 1.29 is 19.1 Å². The van der Waals surface area contributed by atoms with Gasteiger partial charge in [-0.15, -0.1) is 0 Å². The third-order valence-electron chi connectivity index (χ3n) is 4.33. The van der Waals surface area contributed by atoms with Crippen LogP contribution in [0.1, 0.15) is 43.1 Å². The van der Waals surface area contributed by atoms with Gasteiger partial charge in [-0.05, 0) is 55.7 Å². The van der Waals surface area contributed by atoms with Crippen LogP contribution in [-0.4, -0.2) is 37.8 Å². The van der Waals surface area contributed by atoms with Crippen LogP contribution in [0.2, 0.25) is 5.02 Å². The van der Waals surface area contributed by atoms with E-state index in [9.17, 15) is 9.59 Å². The molecule has 1 unspecified atom stereocenters. The molecule has 0 aliphatic rings. The maximum absolute atomic E-state index is 12.7. The minimum absolute atomic E-state index is 0.188. The number of ether oxygens (including phenoxy) is 2. The predicted octanol–water partition coefficient (Wildman–Crippen LogP) is 4.04. The lowest BCUT2D eigenvalue weighted by Crippen LogP contribution is -2.46. The zero-order valence-electron chi connectivity index (χ0n) is 18.1. The molecule has 2 N–H and O–H groups in total. The highest BCUT2D eigenvalue weighted by molar-refractivity contribution is 6.30. The summed E-state index contributed by atoms with van der Waals surface area (Å²) in [5.41, 5.74) is 3.59. The molecule has 0 fully saturated rings. The number of hydrogen-bond acceptors (Lipinski definition) is 5. The van der Waals surface area contributed by atoms with Crippen molar-refractivity contribution in [2.45, 2.75) is 33.2 Å². The molecule has 0 spiro atoms. The Hall–Kier alpha value is -3.06. The third kappa shape index (κ3) is 7.29. The number of carbonyl (C=O) groups is 2. The fourth-order valence-corrected chi connectivity index (χ4v) is 3.01. The maximum Gasteiger partial charge on any atom is 0.262 e. The van der Waals surface area contributed by atoms with Gasteiger partial charge in [0.05, 0.1) is 19.9 Å². The zero-order chi connectivity index (χ0) is 22.8. The highest BCUT2D eigenvalue weighted by Gasteiger charge is 2.22. The number of nitrogens with one attached hydrogen (secondary N) is 2. The van der Waals surface area contributed by atoms with E-state index >= 15 is 0 Å². The standard InChI is InChI=1S/C23H28ClN3O4/c1-5-31-21-17(7-6-8-20(21)30-4)14-25-27-23(29)19(13-15(2)3)26-22(28)16-9-11-18(24)12-10-16/h6-12,14-15,19H,5,13H2,1-4H3,(H,26,28)(H,27,29). The summed E-state index contributed by atoms with van der Waals surface area (Å²) in [6.07, 6.45) is 1.95. The smallest absolute Gasteiger partial charge is 0.262 e. The first-order chi connectivity index (χ1) is 14.8. The molecule has 0 heterocycles. The Bertz CT molecular complexity index is 914. The van der Waals surface area contributed by atoms with Gasteiger partial charge in [-0.1, -0.05) is 31.5 Å². The molecule has 166 valence electrons.